The number of hydrogen-bond acceptors (Lipinski definition) is 2. The molecular formula is C16H21ClFN3. The van der Waals surface area contributed by atoms with Crippen LogP contribution >= 0.6 is 11.6 Å². The third-order valence-corrected chi connectivity index (χ3v) is 4.50. The minimum absolute atomic E-state index is 0.189. The van der Waals surface area contributed by atoms with Crippen molar-refractivity contribution in [2.24, 2.45) is 0 Å². The first-order valence-electron chi connectivity index (χ1n) is 7.60. The minimum atomic E-state index is -0.256. The van der Waals surface area contributed by atoms with Crippen molar-refractivity contribution in [1.82, 2.24) is 14.5 Å². The second-order valence-corrected chi connectivity index (χ2v) is 6.58. The van der Waals surface area contributed by atoms with E-state index in [4.69, 9.17) is 11.6 Å². The fourth-order valence-electron chi connectivity index (χ4n) is 3.18. The molecule has 1 aliphatic heterocycles. The van der Waals surface area contributed by atoms with E-state index < -0.39 is 0 Å². The molecule has 1 fully saturated rings. The summed E-state index contributed by atoms with van der Waals surface area (Å²) in [5.74, 6) is 0.567. The van der Waals surface area contributed by atoms with Gasteiger partial charge in [-0.1, -0.05) is 0 Å². The molecule has 0 N–H and O–H groups in total. The van der Waals surface area contributed by atoms with Gasteiger partial charge in [-0.15, -0.1) is 11.6 Å². The molecule has 1 saturated heterocycles. The lowest BCUT2D eigenvalue weighted by atomic mass is 10.2. The van der Waals surface area contributed by atoms with Crippen LogP contribution < -0.4 is 0 Å². The van der Waals surface area contributed by atoms with E-state index in [9.17, 15) is 4.39 Å². The average molecular weight is 310 g/mol. The lowest BCUT2D eigenvalue weighted by molar-refractivity contribution is 0.236. The first-order valence-corrected chi connectivity index (χ1v) is 8.03. The molecule has 2 aromatic rings. The highest BCUT2D eigenvalue weighted by Crippen LogP contribution is 2.26. The van der Waals surface area contributed by atoms with E-state index in [1.165, 1.54) is 25.0 Å². The lowest BCUT2D eigenvalue weighted by Crippen LogP contribution is -2.34. The molecule has 0 amide bonds. The summed E-state index contributed by atoms with van der Waals surface area (Å²) in [6.45, 7) is 7.32. The maximum Gasteiger partial charge on any atom is 0.127 e. The molecule has 0 saturated carbocycles. The highest BCUT2D eigenvalue weighted by Gasteiger charge is 2.22. The van der Waals surface area contributed by atoms with Gasteiger partial charge >= 0.3 is 0 Å². The number of nitrogens with zero attached hydrogens (tertiary/aromatic N) is 3. The van der Waals surface area contributed by atoms with Crippen LogP contribution in [0.5, 0.6) is 0 Å². The predicted octanol–water partition coefficient (Wildman–Crippen LogP) is 3.96. The Morgan fingerprint density at radius 2 is 2.00 bits per heavy atom. The van der Waals surface area contributed by atoms with Gasteiger partial charge in [-0.3, -0.25) is 4.90 Å². The van der Waals surface area contributed by atoms with Crippen LogP contribution in [0.2, 0.25) is 0 Å². The fourth-order valence-corrected chi connectivity index (χ4v) is 3.35. The summed E-state index contributed by atoms with van der Waals surface area (Å²) < 4.78 is 15.5. The van der Waals surface area contributed by atoms with Gasteiger partial charge < -0.3 is 4.57 Å². The zero-order chi connectivity index (χ0) is 15.0. The molecule has 2 heterocycles. The number of aromatic nitrogens is 2. The average Bonchev–Trinajstić information content (AvgIpc) is 3.06. The van der Waals surface area contributed by atoms with Crippen molar-refractivity contribution in [3.63, 3.8) is 0 Å². The van der Waals surface area contributed by atoms with Gasteiger partial charge in [-0.2, -0.15) is 0 Å². The zero-order valence-electron chi connectivity index (χ0n) is 12.5. The van der Waals surface area contributed by atoms with Gasteiger partial charge in [0.2, 0.25) is 0 Å². The number of fused-ring (bicyclic) bond motifs is 1. The van der Waals surface area contributed by atoms with Crippen molar-refractivity contribution in [3.05, 3.63) is 29.8 Å². The van der Waals surface area contributed by atoms with Crippen LogP contribution in [0.1, 0.15) is 37.9 Å². The quantitative estimate of drug-likeness (QED) is 0.797. The highest BCUT2D eigenvalue weighted by atomic mass is 35.5. The van der Waals surface area contributed by atoms with E-state index in [1.807, 2.05) is 6.92 Å². The van der Waals surface area contributed by atoms with Crippen molar-refractivity contribution in [2.45, 2.75) is 44.7 Å². The first-order chi connectivity index (χ1) is 10.1. The van der Waals surface area contributed by atoms with Crippen LogP contribution in [-0.4, -0.2) is 33.6 Å². The van der Waals surface area contributed by atoms with Crippen molar-refractivity contribution >= 4 is 22.6 Å². The zero-order valence-corrected chi connectivity index (χ0v) is 13.3. The van der Waals surface area contributed by atoms with Crippen LogP contribution in [0.25, 0.3) is 11.0 Å². The number of imidazole rings is 1. The molecule has 3 nitrogen and oxygen atoms in total. The molecule has 1 aliphatic rings. The van der Waals surface area contributed by atoms with Crippen molar-refractivity contribution in [1.29, 1.82) is 0 Å². The molecular weight excluding hydrogens is 289 g/mol. The Morgan fingerprint density at radius 1 is 1.29 bits per heavy atom. The summed E-state index contributed by atoms with van der Waals surface area (Å²) in [6.07, 6.45) is 2.55. The number of likely N-dealkylation sites (tertiary alicyclic amines) is 1. The summed E-state index contributed by atoms with van der Waals surface area (Å²) in [6, 6.07) is 5.21. The molecule has 5 heteroatoms. The van der Waals surface area contributed by atoms with Crippen LogP contribution in [0, 0.1) is 5.82 Å². The van der Waals surface area contributed by atoms with E-state index in [-0.39, 0.29) is 11.2 Å². The SMILES string of the molecule is CC(Cl)c1nc2cc(F)ccc2n1CC(C)N1CCCC1. The highest BCUT2D eigenvalue weighted by molar-refractivity contribution is 6.20. The number of hydrogen-bond donors (Lipinski definition) is 0. The lowest BCUT2D eigenvalue weighted by Gasteiger charge is -2.25. The van der Waals surface area contributed by atoms with Crippen LogP contribution in [0.15, 0.2) is 18.2 Å². The molecule has 21 heavy (non-hydrogen) atoms. The number of alkyl halides is 1. The van der Waals surface area contributed by atoms with Gasteiger partial charge in [0.05, 0.1) is 16.4 Å². The molecule has 0 aliphatic carbocycles. The van der Waals surface area contributed by atoms with Gasteiger partial charge in [0.25, 0.3) is 0 Å². The van der Waals surface area contributed by atoms with Crippen LogP contribution in [0.3, 0.4) is 0 Å². The number of rotatable bonds is 4. The summed E-state index contributed by atoms with van der Waals surface area (Å²) in [5.41, 5.74) is 1.65. The second kappa shape index (κ2) is 5.93. The molecule has 0 bridgehead atoms. The smallest absolute Gasteiger partial charge is 0.127 e. The first kappa shape index (κ1) is 14.8. The monoisotopic (exact) mass is 309 g/mol. The van der Waals surface area contributed by atoms with E-state index in [1.54, 1.807) is 6.07 Å². The Balaban J connectivity index is 1.96. The fraction of sp³-hybridized carbons (Fsp3) is 0.562. The Morgan fingerprint density at radius 3 is 2.67 bits per heavy atom. The molecule has 2 atom stereocenters. The predicted molar refractivity (Wildman–Crippen MR) is 84.2 cm³/mol. The van der Waals surface area contributed by atoms with Crippen molar-refractivity contribution in [2.75, 3.05) is 13.1 Å². The van der Waals surface area contributed by atoms with Crippen molar-refractivity contribution < 1.29 is 4.39 Å². The maximum atomic E-state index is 13.4. The van der Waals surface area contributed by atoms with Crippen LogP contribution in [-0.2, 0) is 6.54 Å². The standard InChI is InChI=1S/C16H21ClFN3/c1-11(20-7-3-4-8-20)10-21-15-6-5-13(18)9-14(15)19-16(21)12(2)17/h5-6,9,11-12H,3-4,7-8,10H2,1-2H3. The molecule has 0 radical (unpaired) electrons. The van der Waals surface area contributed by atoms with Gasteiger partial charge in [-0.05, 0) is 51.9 Å². The Bertz CT molecular complexity index is 632. The largest absolute Gasteiger partial charge is 0.325 e. The van der Waals surface area contributed by atoms with Gasteiger partial charge in [0.1, 0.15) is 11.6 Å². The maximum absolute atomic E-state index is 13.4. The van der Waals surface area contributed by atoms with E-state index in [2.05, 4.69) is 21.4 Å². The molecule has 1 aromatic carbocycles. The van der Waals surface area contributed by atoms with E-state index in [0.717, 1.165) is 31.0 Å². The molecule has 1 aromatic heterocycles. The molecule has 114 valence electrons. The minimum Gasteiger partial charge on any atom is -0.325 e. The molecule has 2 unspecified atom stereocenters. The molecule has 0 spiro atoms. The summed E-state index contributed by atoms with van der Waals surface area (Å²) in [5, 5.41) is -0.189. The van der Waals surface area contributed by atoms with Gasteiger partial charge in [0, 0.05) is 18.7 Å². The number of benzene rings is 1. The second-order valence-electron chi connectivity index (χ2n) is 5.92. The Hall–Kier alpha value is -1.13. The van der Waals surface area contributed by atoms with Gasteiger partial charge in [0.15, 0.2) is 0 Å². The normalized spacial score (nSPS) is 19.2. The van der Waals surface area contributed by atoms with Crippen LogP contribution in [0.4, 0.5) is 4.39 Å². The topological polar surface area (TPSA) is 21.1 Å². The number of halogens is 2. The Labute approximate surface area is 129 Å². The van der Waals surface area contributed by atoms with Gasteiger partial charge in [-0.25, -0.2) is 9.37 Å². The summed E-state index contributed by atoms with van der Waals surface area (Å²) in [4.78, 5) is 7.02. The van der Waals surface area contributed by atoms with Crippen molar-refractivity contribution in [3.8, 4) is 0 Å². The Kier molecular flexibility index (Phi) is 4.18. The summed E-state index contributed by atoms with van der Waals surface area (Å²) in [7, 11) is 0. The summed E-state index contributed by atoms with van der Waals surface area (Å²) >= 11 is 6.27. The van der Waals surface area contributed by atoms with E-state index in [0.29, 0.717) is 11.6 Å². The molecule has 3 rings (SSSR count). The van der Waals surface area contributed by atoms with E-state index >= 15 is 0 Å². The third-order valence-electron chi connectivity index (χ3n) is 4.31. The third kappa shape index (κ3) is 2.92.